The number of methoxy groups -OCH3 is 1. The number of piperidine rings is 1. The number of sulfonamides is 1. The zero-order valence-corrected chi connectivity index (χ0v) is 23.5. The number of hydrogen-bond acceptors (Lipinski definition) is 8. The van der Waals surface area contributed by atoms with Crippen LogP contribution in [0.25, 0.3) is 10.2 Å². The van der Waals surface area contributed by atoms with Crippen LogP contribution >= 0.6 is 11.3 Å². The highest BCUT2D eigenvalue weighted by atomic mass is 32.2. The summed E-state index contributed by atoms with van der Waals surface area (Å²) in [4.78, 5) is 24.9. The summed E-state index contributed by atoms with van der Waals surface area (Å²) < 4.78 is 39.7. The Hall–Kier alpha value is -3.54. The third-order valence-electron chi connectivity index (χ3n) is 6.73. The number of rotatable bonds is 9. The molecule has 0 saturated carbocycles. The lowest BCUT2D eigenvalue weighted by Gasteiger charge is -2.33. The van der Waals surface area contributed by atoms with E-state index in [0.29, 0.717) is 42.6 Å². The summed E-state index contributed by atoms with van der Waals surface area (Å²) in [6.45, 7) is 3.29. The van der Waals surface area contributed by atoms with Crippen molar-refractivity contribution < 1.29 is 22.7 Å². The van der Waals surface area contributed by atoms with E-state index in [0.717, 1.165) is 15.8 Å². The number of para-hydroxylation sites is 1. The Kier molecular flexibility index (Phi) is 8.10. The van der Waals surface area contributed by atoms with Crippen molar-refractivity contribution in [2.45, 2.75) is 31.2 Å². The van der Waals surface area contributed by atoms with E-state index in [1.807, 2.05) is 37.3 Å². The molecular weight excluding hydrogens is 536 g/mol. The molecule has 2 aromatic carbocycles. The summed E-state index contributed by atoms with van der Waals surface area (Å²) in [7, 11) is -2.13. The molecule has 4 aromatic rings. The summed E-state index contributed by atoms with van der Waals surface area (Å²) in [5.41, 5.74) is 1.61. The number of thiazole rings is 1. The van der Waals surface area contributed by atoms with Gasteiger partial charge in [-0.15, -0.1) is 0 Å². The van der Waals surface area contributed by atoms with Gasteiger partial charge in [0, 0.05) is 31.4 Å². The molecule has 0 unspecified atom stereocenters. The van der Waals surface area contributed by atoms with Gasteiger partial charge in [-0.3, -0.25) is 14.7 Å². The highest BCUT2D eigenvalue weighted by Gasteiger charge is 2.35. The molecule has 1 amide bonds. The summed E-state index contributed by atoms with van der Waals surface area (Å²) in [5, 5.41) is 0.583. The lowest BCUT2D eigenvalue weighted by atomic mass is 9.96. The van der Waals surface area contributed by atoms with Crippen molar-refractivity contribution in [1.82, 2.24) is 14.3 Å². The smallest absolute Gasteiger partial charge is 0.243 e. The van der Waals surface area contributed by atoms with E-state index >= 15 is 0 Å². The first kappa shape index (κ1) is 27.0. The van der Waals surface area contributed by atoms with Crippen LogP contribution < -0.4 is 14.4 Å². The maximum Gasteiger partial charge on any atom is 0.243 e. The SMILES string of the molecule is CCOc1cccc2sc(N(Cc3cccnc3)C(=O)C3CCN(S(=O)(=O)c4ccc(OC)cc4)CC3)nc12. The molecule has 1 fully saturated rings. The number of anilines is 1. The Morgan fingerprint density at radius 2 is 1.87 bits per heavy atom. The van der Waals surface area contributed by atoms with Crippen LogP contribution in [-0.2, 0) is 21.4 Å². The highest BCUT2D eigenvalue weighted by molar-refractivity contribution is 7.89. The van der Waals surface area contributed by atoms with Crippen LogP contribution in [0.2, 0.25) is 0 Å². The van der Waals surface area contributed by atoms with Crippen LogP contribution in [0.3, 0.4) is 0 Å². The number of pyridine rings is 1. The largest absolute Gasteiger partial charge is 0.497 e. The molecule has 11 heteroatoms. The molecule has 1 aliphatic heterocycles. The van der Waals surface area contributed by atoms with E-state index < -0.39 is 10.0 Å². The van der Waals surface area contributed by atoms with Gasteiger partial charge < -0.3 is 9.47 Å². The molecule has 9 nitrogen and oxygen atoms in total. The number of hydrogen-bond donors (Lipinski definition) is 0. The third kappa shape index (κ3) is 5.75. The van der Waals surface area contributed by atoms with E-state index in [1.54, 1.807) is 41.6 Å². The van der Waals surface area contributed by atoms with Crippen LogP contribution in [0, 0.1) is 5.92 Å². The van der Waals surface area contributed by atoms with E-state index in [4.69, 9.17) is 14.5 Å². The second kappa shape index (κ2) is 11.7. The monoisotopic (exact) mass is 566 g/mol. The zero-order chi connectivity index (χ0) is 27.4. The Bertz CT molecular complexity index is 1530. The number of amides is 1. The quantitative estimate of drug-likeness (QED) is 0.289. The van der Waals surface area contributed by atoms with Gasteiger partial charge in [0.15, 0.2) is 5.13 Å². The molecule has 0 radical (unpaired) electrons. The van der Waals surface area contributed by atoms with E-state index in [2.05, 4.69) is 4.98 Å². The van der Waals surface area contributed by atoms with E-state index in [1.165, 1.54) is 22.8 Å². The zero-order valence-electron chi connectivity index (χ0n) is 21.8. The number of carbonyl (C=O) groups is 1. The molecule has 2 aromatic heterocycles. The second-order valence-corrected chi connectivity index (χ2v) is 12.1. The fraction of sp³-hybridized carbons (Fsp3) is 0.321. The van der Waals surface area contributed by atoms with Crippen molar-refractivity contribution in [2.24, 2.45) is 5.92 Å². The molecule has 0 spiro atoms. The Morgan fingerprint density at radius 1 is 1.10 bits per heavy atom. The Morgan fingerprint density at radius 3 is 2.54 bits per heavy atom. The molecule has 0 aliphatic carbocycles. The van der Waals surface area contributed by atoms with Crippen LogP contribution in [0.4, 0.5) is 5.13 Å². The van der Waals surface area contributed by atoms with Crippen molar-refractivity contribution in [1.29, 1.82) is 0 Å². The Labute approximate surface area is 232 Å². The minimum absolute atomic E-state index is 0.0719. The number of ether oxygens (including phenoxy) is 2. The summed E-state index contributed by atoms with van der Waals surface area (Å²) >= 11 is 1.44. The van der Waals surface area contributed by atoms with E-state index in [-0.39, 0.29) is 29.8 Å². The number of benzene rings is 2. The first-order valence-corrected chi connectivity index (χ1v) is 15.0. The summed E-state index contributed by atoms with van der Waals surface area (Å²) in [5.74, 6) is 0.873. The average molecular weight is 567 g/mol. The van der Waals surface area contributed by atoms with Crippen LogP contribution in [0.15, 0.2) is 71.9 Å². The van der Waals surface area contributed by atoms with Gasteiger partial charge in [0.1, 0.15) is 17.0 Å². The fourth-order valence-corrected chi connectivity index (χ4v) is 7.13. The van der Waals surface area contributed by atoms with Crippen LogP contribution in [-0.4, -0.2) is 55.4 Å². The number of nitrogens with zero attached hydrogens (tertiary/aromatic N) is 4. The highest BCUT2D eigenvalue weighted by Crippen LogP contribution is 2.36. The van der Waals surface area contributed by atoms with Crippen LogP contribution in [0.1, 0.15) is 25.3 Å². The second-order valence-electron chi connectivity index (χ2n) is 9.17. The van der Waals surface area contributed by atoms with Crippen molar-refractivity contribution in [3.8, 4) is 11.5 Å². The van der Waals surface area contributed by atoms with Crippen molar-refractivity contribution in [2.75, 3.05) is 31.7 Å². The molecular formula is C28H30N4O5S2. The van der Waals surface area contributed by atoms with Gasteiger partial charge in [0.2, 0.25) is 15.9 Å². The van der Waals surface area contributed by atoms with Gasteiger partial charge in [-0.1, -0.05) is 23.5 Å². The molecule has 204 valence electrons. The first-order valence-electron chi connectivity index (χ1n) is 12.8. The maximum atomic E-state index is 13.9. The normalized spacial score (nSPS) is 14.8. The van der Waals surface area contributed by atoms with Gasteiger partial charge in [-0.25, -0.2) is 13.4 Å². The fourth-order valence-electron chi connectivity index (χ4n) is 4.67. The van der Waals surface area contributed by atoms with Gasteiger partial charge >= 0.3 is 0 Å². The van der Waals surface area contributed by atoms with Crippen LogP contribution in [0.5, 0.6) is 11.5 Å². The van der Waals surface area contributed by atoms with Crippen molar-refractivity contribution in [3.63, 3.8) is 0 Å². The lowest BCUT2D eigenvalue weighted by Crippen LogP contribution is -2.44. The third-order valence-corrected chi connectivity index (χ3v) is 9.69. The molecule has 39 heavy (non-hydrogen) atoms. The lowest BCUT2D eigenvalue weighted by molar-refractivity contribution is -0.123. The minimum atomic E-state index is -3.66. The van der Waals surface area contributed by atoms with Crippen molar-refractivity contribution >= 4 is 42.6 Å². The summed E-state index contributed by atoms with van der Waals surface area (Å²) in [6.07, 6.45) is 4.28. The molecule has 0 N–H and O–H groups in total. The standard InChI is InChI=1S/C28H30N4O5S2/c1-3-37-24-7-4-8-25-26(24)30-28(38-25)32(19-20-6-5-15-29-18-20)27(33)21-13-16-31(17-14-21)39(34,35)23-11-9-22(36-2)10-12-23/h4-12,15,18,21H,3,13-14,16-17,19H2,1-2H3. The molecule has 0 atom stereocenters. The van der Waals surface area contributed by atoms with Gasteiger partial charge in [-0.05, 0) is 67.8 Å². The molecule has 3 heterocycles. The molecule has 1 saturated heterocycles. The topological polar surface area (TPSA) is 102 Å². The Balaban J connectivity index is 1.37. The predicted octanol–water partition coefficient (Wildman–Crippen LogP) is 4.73. The molecule has 5 rings (SSSR count). The first-order chi connectivity index (χ1) is 18.9. The predicted molar refractivity (Wildman–Crippen MR) is 151 cm³/mol. The van der Waals surface area contributed by atoms with Gasteiger partial charge in [-0.2, -0.15) is 4.31 Å². The average Bonchev–Trinajstić information content (AvgIpc) is 3.41. The van der Waals surface area contributed by atoms with E-state index in [9.17, 15) is 13.2 Å². The summed E-state index contributed by atoms with van der Waals surface area (Å²) in [6, 6.07) is 15.9. The van der Waals surface area contributed by atoms with Gasteiger partial charge in [0.25, 0.3) is 0 Å². The molecule has 1 aliphatic rings. The van der Waals surface area contributed by atoms with Gasteiger partial charge in [0.05, 0.1) is 29.9 Å². The maximum absolute atomic E-state index is 13.9. The molecule has 0 bridgehead atoms. The number of aromatic nitrogens is 2. The number of carbonyl (C=O) groups excluding carboxylic acids is 1. The minimum Gasteiger partial charge on any atom is -0.497 e. The number of fused-ring (bicyclic) bond motifs is 1. The van der Waals surface area contributed by atoms with Crippen molar-refractivity contribution in [3.05, 3.63) is 72.6 Å².